The van der Waals surface area contributed by atoms with E-state index in [-0.39, 0.29) is 0 Å². The lowest BCUT2D eigenvalue weighted by molar-refractivity contribution is 0.0518. The van der Waals surface area contributed by atoms with E-state index in [0.29, 0.717) is 22.6 Å². The SMILES string of the molecule is CCOC(=O)c1nc(NC)ccc1Br. The average molecular weight is 259 g/mol. The third-order valence-electron chi connectivity index (χ3n) is 1.57. The molecule has 0 radical (unpaired) electrons. The van der Waals surface area contributed by atoms with Crippen molar-refractivity contribution in [3.05, 3.63) is 22.3 Å². The number of nitrogens with one attached hydrogen (secondary N) is 1. The number of esters is 1. The van der Waals surface area contributed by atoms with Gasteiger partial charge in [0.05, 0.1) is 11.1 Å². The van der Waals surface area contributed by atoms with Crippen molar-refractivity contribution in [2.24, 2.45) is 0 Å². The molecule has 0 aliphatic carbocycles. The quantitative estimate of drug-likeness (QED) is 0.844. The Labute approximate surface area is 90.8 Å². The lowest BCUT2D eigenvalue weighted by Crippen LogP contribution is -2.09. The van der Waals surface area contributed by atoms with Crippen LogP contribution in [0.25, 0.3) is 0 Å². The Hall–Kier alpha value is -1.10. The summed E-state index contributed by atoms with van der Waals surface area (Å²) in [6, 6.07) is 3.53. The van der Waals surface area contributed by atoms with E-state index in [1.165, 1.54) is 0 Å². The third kappa shape index (κ3) is 2.45. The van der Waals surface area contributed by atoms with Gasteiger partial charge in [-0.2, -0.15) is 0 Å². The van der Waals surface area contributed by atoms with Gasteiger partial charge < -0.3 is 10.1 Å². The molecular weight excluding hydrogens is 248 g/mol. The van der Waals surface area contributed by atoms with Crippen LogP contribution < -0.4 is 5.32 Å². The normalized spacial score (nSPS) is 9.64. The topological polar surface area (TPSA) is 51.2 Å². The first-order valence-corrected chi connectivity index (χ1v) is 4.99. The van der Waals surface area contributed by atoms with Crippen LogP contribution in [0.3, 0.4) is 0 Å². The van der Waals surface area contributed by atoms with Crippen molar-refractivity contribution >= 4 is 27.7 Å². The fourth-order valence-corrected chi connectivity index (χ4v) is 1.31. The molecule has 0 bridgehead atoms. The van der Waals surface area contributed by atoms with Gasteiger partial charge in [0, 0.05) is 7.05 Å². The Kier molecular flexibility index (Phi) is 3.88. The highest BCUT2D eigenvalue weighted by Crippen LogP contribution is 2.17. The van der Waals surface area contributed by atoms with Crippen LogP contribution >= 0.6 is 15.9 Å². The smallest absolute Gasteiger partial charge is 0.358 e. The monoisotopic (exact) mass is 258 g/mol. The van der Waals surface area contributed by atoms with Gasteiger partial charge in [-0.25, -0.2) is 9.78 Å². The van der Waals surface area contributed by atoms with Gasteiger partial charge in [0.1, 0.15) is 5.82 Å². The lowest BCUT2D eigenvalue weighted by Gasteiger charge is -2.05. The second kappa shape index (κ2) is 4.95. The molecule has 5 heteroatoms. The van der Waals surface area contributed by atoms with Gasteiger partial charge in [0.2, 0.25) is 0 Å². The van der Waals surface area contributed by atoms with Gasteiger partial charge in [0.15, 0.2) is 5.69 Å². The molecule has 0 unspecified atom stereocenters. The number of nitrogens with zero attached hydrogens (tertiary/aromatic N) is 1. The van der Waals surface area contributed by atoms with E-state index in [4.69, 9.17) is 4.74 Å². The van der Waals surface area contributed by atoms with Crippen LogP contribution in [0.15, 0.2) is 16.6 Å². The first-order chi connectivity index (χ1) is 6.69. The zero-order valence-corrected chi connectivity index (χ0v) is 9.59. The summed E-state index contributed by atoms with van der Waals surface area (Å²) in [7, 11) is 1.74. The molecule has 1 N–H and O–H groups in total. The highest BCUT2D eigenvalue weighted by Gasteiger charge is 2.13. The summed E-state index contributed by atoms with van der Waals surface area (Å²) in [5.74, 6) is 0.215. The van der Waals surface area contributed by atoms with Crippen LogP contribution in [0.2, 0.25) is 0 Å². The molecule has 0 spiro atoms. The number of pyridine rings is 1. The predicted octanol–water partition coefficient (Wildman–Crippen LogP) is 2.06. The zero-order valence-electron chi connectivity index (χ0n) is 8.00. The molecule has 1 rings (SSSR count). The molecule has 0 aliphatic rings. The summed E-state index contributed by atoms with van der Waals surface area (Å²) in [6.45, 7) is 2.10. The average Bonchev–Trinajstić information content (AvgIpc) is 2.19. The van der Waals surface area contributed by atoms with Crippen LogP contribution in [0, 0.1) is 0 Å². The minimum atomic E-state index is -0.420. The molecule has 4 nitrogen and oxygen atoms in total. The number of halogens is 1. The minimum Gasteiger partial charge on any atom is -0.461 e. The molecule has 0 saturated carbocycles. The molecule has 1 heterocycles. The van der Waals surface area contributed by atoms with E-state index in [0.717, 1.165) is 0 Å². The highest BCUT2D eigenvalue weighted by molar-refractivity contribution is 9.10. The van der Waals surface area contributed by atoms with Crippen molar-refractivity contribution in [1.29, 1.82) is 0 Å². The summed E-state index contributed by atoms with van der Waals surface area (Å²) in [5, 5.41) is 2.85. The predicted molar refractivity (Wildman–Crippen MR) is 57.4 cm³/mol. The first kappa shape index (κ1) is 11.0. The Morgan fingerprint density at radius 1 is 1.64 bits per heavy atom. The van der Waals surface area contributed by atoms with Crippen molar-refractivity contribution in [3.8, 4) is 0 Å². The largest absolute Gasteiger partial charge is 0.461 e. The number of hydrogen-bond acceptors (Lipinski definition) is 4. The maximum absolute atomic E-state index is 11.4. The van der Waals surface area contributed by atoms with Crippen molar-refractivity contribution in [1.82, 2.24) is 4.98 Å². The number of anilines is 1. The summed E-state index contributed by atoms with van der Waals surface area (Å²) in [4.78, 5) is 15.5. The van der Waals surface area contributed by atoms with Crippen molar-refractivity contribution < 1.29 is 9.53 Å². The summed E-state index contributed by atoms with van der Waals surface area (Å²) < 4.78 is 5.48. The Morgan fingerprint density at radius 2 is 2.36 bits per heavy atom. The number of carbonyl (C=O) groups is 1. The van der Waals surface area contributed by atoms with Crippen LogP contribution in [-0.4, -0.2) is 24.6 Å². The molecule has 1 aromatic heterocycles. The molecule has 0 aromatic carbocycles. The third-order valence-corrected chi connectivity index (χ3v) is 2.21. The fourth-order valence-electron chi connectivity index (χ4n) is 0.924. The Bertz CT molecular complexity index is 342. The van der Waals surface area contributed by atoms with Gasteiger partial charge in [-0.15, -0.1) is 0 Å². The van der Waals surface area contributed by atoms with Crippen molar-refractivity contribution in [2.45, 2.75) is 6.92 Å². The van der Waals surface area contributed by atoms with Crippen LogP contribution in [0.1, 0.15) is 17.4 Å². The molecule has 0 aliphatic heterocycles. The molecule has 14 heavy (non-hydrogen) atoms. The van der Waals surface area contributed by atoms with Gasteiger partial charge >= 0.3 is 5.97 Å². The second-order valence-corrected chi connectivity index (χ2v) is 3.35. The molecule has 76 valence electrons. The highest BCUT2D eigenvalue weighted by atomic mass is 79.9. The van der Waals surface area contributed by atoms with Crippen LogP contribution in [-0.2, 0) is 4.74 Å². The Balaban J connectivity index is 2.99. The van der Waals surface area contributed by atoms with E-state index in [1.54, 1.807) is 26.1 Å². The second-order valence-electron chi connectivity index (χ2n) is 2.50. The van der Waals surface area contributed by atoms with E-state index in [2.05, 4.69) is 26.2 Å². The van der Waals surface area contributed by atoms with Gasteiger partial charge in [-0.3, -0.25) is 0 Å². The van der Waals surface area contributed by atoms with E-state index < -0.39 is 5.97 Å². The van der Waals surface area contributed by atoms with Gasteiger partial charge in [-0.05, 0) is 35.0 Å². The van der Waals surface area contributed by atoms with Crippen LogP contribution in [0.4, 0.5) is 5.82 Å². The van der Waals surface area contributed by atoms with E-state index in [1.807, 2.05) is 0 Å². The first-order valence-electron chi connectivity index (χ1n) is 4.20. The summed E-state index contributed by atoms with van der Waals surface area (Å²) in [5.41, 5.74) is 0.290. The lowest BCUT2D eigenvalue weighted by atomic mass is 10.3. The number of ether oxygens (including phenoxy) is 1. The summed E-state index contributed by atoms with van der Waals surface area (Å²) in [6.07, 6.45) is 0. The van der Waals surface area contributed by atoms with E-state index in [9.17, 15) is 4.79 Å². The standard InChI is InChI=1S/C9H11BrN2O2/c1-3-14-9(13)8-6(10)4-5-7(11-2)12-8/h4-5H,3H2,1-2H3,(H,11,12). The number of carbonyl (C=O) groups excluding carboxylic acids is 1. The number of rotatable bonds is 3. The maximum atomic E-state index is 11.4. The fraction of sp³-hybridized carbons (Fsp3) is 0.333. The molecular formula is C9H11BrN2O2. The molecule has 0 amide bonds. The van der Waals surface area contributed by atoms with Gasteiger partial charge in [-0.1, -0.05) is 0 Å². The molecule has 0 saturated heterocycles. The van der Waals surface area contributed by atoms with Crippen LogP contribution in [0.5, 0.6) is 0 Å². The number of hydrogen-bond donors (Lipinski definition) is 1. The Morgan fingerprint density at radius 3 is 2.93 bits per heavy atom. The van der Waals surface area contributed by atoms with E-state index >= 15 is 0 Å². The van der Waals surface area contributed by atoms with Gasteiger partial charge in [0.25, 0.3) is 0 Å². The number of aromatic nitrogens is 1. The summed E-state index contributed by atoms with van der Waals surface area (Å²) >= 11 is 3.24. The molecule has 0 atom stereocenters. The molecule has 0 fully saturated rings. The minimum absolute atomic E-state index is 0.290. The van der Waals surface area contributed by atoms with Crippen molar-refractivity contribution in [2.75, 3.05) is 19.0 Å². The zero-order chi connectivity index (χ0) is 10.6. The molecule has 1 aromatic rings. The van der Waals surface area contributed by atoms with Crippen molar-refractivity contribution in [3.63, 3.8) is 0 Å². The maximum Gasteiger partial charge on any atom is 0.358 e.